The predicted octanol–water partition coefficient (Wildman–Crippen LogP) is 1.62. The van der Waals surface area contributed by atoms with Crippen molar-refractivity contribution in [3.63, 3.8) is 0 Å². The summed E-state index contributed by atoms with van der Waals surface area (Å²) < 4.78 is 36.3. The number of halogens is 3. The van der Waals surface area contributed by atoms with E-state index in [0.29, 0.717) is 6.54 Å². The zero-order valence-electron chi connectivity index (χ0n) is 8.78. The van der Waals surface area contributed by atoms with Crippen molar-refractivity contribution >= 4 is 0 Å². The fourth-order valence-electron chi connectivity index (χ4n) is 1.85. The van der Waals surface area contributed by atoms with E-state index in [1.807, 2.05) is 13.8 Å². The lowest BCUT2D eigenvalue weighted by molar-refractivity contribution is -0.146. The minimum Gasteiger partial charge on any atom is -0.310 e. The summed E-state index contributed by atoms with van der Waals surface area (Å²) in [7, 11) is 1.53. The lowest BCUT2D eigenvalue weighted by Gasteiger charge is -2.25. The van der Waals surface area contributed by atoms with Crippen LogP contribution in [0.25, 0.3) is 0 Å². The third kappa shape index (κ3) is 3.46. The Hall–Kier alpha value is -0.290. The van der Waals surface area contributed by atoms with Gasteiger partial charge in [-0.05, 0) is 27.3 Å². The topological polar surface area (TPSA) is 15.3 Å². The molecule has 0 aromatic heterocycles. The first-order valence-corrected chi connectivity index (χ1v) is 4.72. The van der Waals surface area contributed by atoms with E-state index in [1.54, 1.807) is 0 Å². The summed E-state index contributed by atoms with van der Waals surface area (Å²) in [6.45, 7) is 3.83. The minimum atomic E-state index is -4.10. The highest BCUT2D eigenvalue weighted by Gasteiger charge is 2.37. The second kappa shape index (κ2) is 3.70. The molecule has 0 bridgehead atoms. The van der Waals surface area contributed by atoms with Crippen LogP contribution in [0.4, 0.5) is 13.2 Å². The van der Waals surface area contributed by atoms with E-state index in [-0.39, 0.29) is 11.6 Å². The molecule has 1 rings (SSSR count). The monoisotopic (exact) mass is 210 g/mol. The van der Waals surface area contributed by atoms with Crippen LogP contribution in [-0.2, 0) is 0 Å². The summed E-state index contributed by atoms with van der Waals surface area (Å²) in [5, 5.41) is 3.20. The highest BCUT2D eigenvalue weighted by Crippen LogP contribution is 2.24. The lowest BCUT2D eigenvalue weighted by Crippen LogP contribution is -2.39. The summed E-state index contributed by atoms with van der Waals surface area (Å²) >= 11 is 0. The van der Waals surface area contributed by atoms with Crippen molar-refractivity contribution in [2.75, 3.05) is 20.1 Å². The summed E-state index contributed by atoms with van der Waals surface area (Å²) in [6.07, 6.45) is -3.33. The molecular weight excluding hydrogens is 193 g/mol. The van der Waals surface area contributed by atoms with E-state index in [2.05, 4.69) is 5.32 Å². The van der Waals surface area contributed by atoms with Crippen LogP contribution in [-0.4, -0.2) is 42.8 Å². The van der Waals surface area contributed by atoms with Gasteiger partial charge in [0.2, 0.25) is 0 Å². The Balaban J connectivity index is 2.44. The van der Waals surface area contributed by atoms with Crippen LogP contribution in [0.15, 0.2) is 0 Å². The smallest absolute Gasteiger partial charge is 0.310 e. The Bertz CT molecular complexity index is 201. The number of alkyl halides is 3. The van der Waals surface area contributed by atoms with Crippen LogP contribution in [0.2, 0.25) is 0 Å². The molecule has 0 aromatic rings. The largest absolute Gasteiger partial charge is 0.401 e. The molecule has 0 spiro atoms. The van der Waals surface area contributed by atoms with Crippen molar-refractivity contribution in [1.82, 2.24) is 10.2 Å². The fraction of sp³-hybridized carbons (Fsp3) is 1.00. The van der Waals surface area contributed by atoms with E-state index in [4.69, 9.17) is 0 Å². The molecule has 14 heavy (non-hydrogen) atoms. The van der Waals surface area contributed by atoms with Gasteiger partial charge in [0, 0.05) is 18.1 Å². The third-order valence-corrected chi connectivity index (χ3v) is 2.61. The van der Waals surface area contributed by atoms with Gasteiger partial charge in [-0.3, -0.25) is 4.90 Å². The van der Waals surface area contributed by atoms with Crippen LogP contribution >= 0.6 is 0 Å². The van der Waals surface area contributed by atoms with Gasteiger partial charge in [-0.2, -0.15) is 13.2 Å². The van der Waals surface area contributed by atoms with E-state index in [9.17, 15) is 13.2 Å². The zero-order chi connectivity index (χ0) is 11.0. The fourth-order valence-corrected chi connectivity index (χ4v) is 1.85. The average molecular weight is 210 g/mol. The van der Waals surface area contributed by atoms with Crippen LogP contribution < -0.4 is 5.32 Å². The highest BCUT2D eigenvalue weighted by atomic mass is 19.4. The molecule has 1 atom stereocenters. The lowest BCUT2D eigenvalue weighted by atomic mass is 10.0. The molecule has 1 heterocycles. The maximum Gasteiger partial charge on any atom is 0.401 e. The van der Waals surface area contributed by atoms with Crippen molar-refractivity contribution in [3.8, 4) is 0 Å². The normalized spacial score (nSPS) is 27.2. The Morgan fingerprint density at radius 3 is 2.36 bits per heavy atom. The highest BCUT2D eigenvalue weighted by molar-refractivity contribution is 4.93. The SMILES string of the molecule is CN(CC(F)(F)F)C1CNC(C)(C)C1. The van der Waals surface area contributed by atoms with Crippen molar-refractivity contribution in [2.24, 2.45) is 0 Å². The standard InChI is InChI=1S/C9H17F3N2/c1-8(2)4-7(5-13-8)14(3)6-9(10,11)12/h7,13H,4-6H2,1-3H3. The van der Waals surface area contributed by atoms with E-state index in [1.165, 1.54) is 11.9 Å². The molecule has 1 aliphatic rings. The Morgan fingerprint density at radius 2 is 2.00 bits per heavy atom. The second-order valence-electron chi connectivity index (χ2n) is 4.65. The van der Waals surface area contributed by atoms with Crippen LogP contribution in [0, 0.1) is 0 Å². The minimum absolute atomic E-state index is 0.00775. The van der Waals surface area contributed by atoms with Gasteiger partial charge < -0.3 is 5.32 Å². The summed E-state index contributed by atoms with van der Waals surface area (Å²) in [4.78, 5) is 1.38. The molecule has 5 heteroatoms. The van der Waals surface area contributed by atoms with Crippen LogP contribution in [0.1, 0.15) is 20.3 Å². The molecule has 84 valence electrons. The van der Waals surface area contributed by atoms with E-state index >= 15 is 0 Å². The molecule has 1 saturated heterocycles. The number of hydrogen-bond donors (Lipinski definition) is 1. The maximum atomic E-state index is 12.1. The van der Waals surface area contributed by atoms with Gasteiger partial charge in [0.15, 0.2) is 0 Å². The predicted molar refractivity (Wildman–Crippen MR) is 49.2 cm³/mol. The number of nitrogens with one attached hydrogen (secondary N) is 1. The van der Waals surface area contributed by atoms with Crippen molar-refractivity contribution in [2.45, 2.75) is 38.0 Å². The first-order valence-electron chi connectivity index (χ1n) is 4.72. The van der Waals surface area contributed by atoms with Gasteiger partial charge in [0.1, 0.15) is 0 Å². The van der Waals surface area contributed by atoms with E-state index < -0.39 is 12.7 Å². The summed E-state index contributed by atoms with van der Waals surface area (Å²) in [6, 6.07) is -0.00775. The van der Waals surface area contributed by atoms with Crippen molar-refractivity contribution in [1.29, 1.82) is 0 Å². The van der Waals surface area contributed by atoms with Gasteiger partial charge in [-0.15, -0.1) is 0 Å². The van der Waals surface area contributed by atoms with Crippen LogP contribution in [0.3, 0.4) is 0 Å². The van der Waals surface area contributed by atoms with Gasteiger partial charge >= 0.3 is 6.18 Å². The molecule has 1 aliphatic heterocycles. The molecule has 0 saturated carbocycles. The van der Waals surface area contributed by atoms with Crippen molar-refractivity contribution in [3.05, 3.63) is 0 Å². The molecule has 0 amide bonds. The molecule has 2 nitrogen and oxygen atoms in total. The first-order chi connectivity index (χ1) is 6.20. The number of likely N-dealkylation sites (N-methyl/N-ethyl adjacent to an activating group) is 1. The Labute approximate surface area is 82.5 Å². The second-order valence-corrected chi connectivity index (χ2v) is 4.65. The molecule has 0 aliphatic carbocycles. The molecule has 0 radical (unpaired) electrons. The van der Waals surface area contributed by atoms with Crippen molar-refractivity contribution < 1.29 is 13.2 Å². The van der Waals surface area contributed by atoms with E-state index in [0.717, 1.165) is 6.42 Å². The van der Waals surface area contributed by atoms with Gasteiger partial charge in [0.05, 0.1) is 6.54 Å². The molecule has 1 unspecified atom stereocenters. The number of hydrogen-bond acceptors (Lipinski definition) is 2. The van der Waals surface area contributed by atoms with Gasteiger partial charge in [-0.1, -0.05) is 0 Å². The summed E-state index contributed by atoms with van der Waals surface area (Å²) in [5.41, 5.74) is -0.0372. The maximum absolute atomic E-state index is 12.1. The number of rotatable bonds is 2. The number of nitrogens with zero attached hydrogens (tertiary/aromatic N) is 1. The van der Waals surface area contributed by atoms with Gasteiger partial charge in [0.25, 0.3) is 0 Å². The zero-order valence-corrected chi connectivity index (χ0v) is 8.78. The quantitative estimate of drug-likeness (QED) is 0.745. The Kier molecular flexibility index (Phi) is 3.11. The average Bonchev–Trinajstić information content (AvgIpc) is 2.26. The molecule has 0 aromatic carbocycles. The molecular formula is C9H17F3N2. The first kappa shape index (κ1) is 11.8. The third-order valence-electron chi connectivity index (χ3n) is 2.61. The van der Waals surface area contributed by atoms with Crippen LogP contribution in [0.5, 0.6) is 0 Å². The summed E-state index contributed by atoms with van der Waals surface area (Å²) in [5.74, 6) is 0. The molecule has 1 N–H and O–H groups in total. The van der Waals surface area contributed by atoms with Gasteiger partial charge in [-0.25, -0.2) is 0 Å². The Morgan fingerprint density at radius 1 is 1.43 bits per heavy atom. The molecule has 1 fully saturated rings.